The number of aliphatic hydroxyl groups is 3. The lowest BCUT2D eigenvalue weighted by molar-refractivity contribution is -0.476. The summed E-state index contributed by atoms with van der Waals surface area (Å²) in [7, 11) is 0. The second-order valence-corrected chi connectivity index (χ2v) is 4.56. The van der Waals surface area contributed by atoms with Gasteiger partial charge in [0.25, 0.3) is 0 Å². The third kappa shape index (κ3) is 3.00. The molecule has 22 heavy (non-hydrogen) atoms. The van der Waals surface area contributed by atoms with Crippen LogP contribution in [0.4, 0.5) is 0 Å². The summed E-state index contributed by atoms with van der Waals surface area (Å²) < 4.78 is 18.3. The van der Waals surface area contributed by atoms with Crippen LogP contribution in [0.5, 0.6) is 0 Å². The minimum atomic E-state index is -4.00. The smallest absolute Gasteiger partial charge is 0.415 e. The number of esters is 4. The van der Waals surface area contributed by atoms with Crippen molar-refractivity contribution in [1.82, 2.24) is 0 Å². The van der Waals surface area contributed by atoms with Gasteiger partial charge < -0.3 is 34.3 Å². The largest absolute Gasteiger partial charge is 0.416 e. The second kappa shape index (κ2) is 5.51. The molecule has 0 amide bonds. The van der Waals surface area contributed by atoms with E-state index in [0.29, 0.717) is 0 Å². The maximum absolute atomic E-state index is 11.5. The Morgan fingerprint density at radius 2 is 1.14 bits per heavy atom. The van der Waals surface area contributed by atoms with Gasteiger partial charge in [0.05, 0.1) is 25.7 Å². The van der Waals surface area contributed by atoms with Gasteiger partial charge in [0.1, 0.15) is 0 Å². The Morgan fingerprint density at radius 3 is 1.50 bits per heavy atom. The van der Waals surface area contributed by atoms with Gasteiger partial charge in [-0.1, -0.05) is 0 Å². The number of hydrogen-bond donors (Lipinski definition) is 3. The van der Waals surface area contributed by atoms with Gasteiger partial charge in [-0.2, -0.15) is 0 Å². The number of rotatable bonds is 2. The lowest BCUT2D eigenvalue weighted by atomic mass is 10.2. The molecule has 2 rings (SSSR count). The first kappa shape index (κ1) is 16.1. The van der Waals surface area contributed by atoms with Crippen LogP contribution in [0.25, 0.3) is 0 Å². The molecule has 2 saturated heterocycles. The van der Waals surface area contributed by atoms with E-state index in [4.69, 9.17) is 0 Å². The van der Waals surface area contributed by atoms with Gasteiger partial charge in [0, 0.05) is 0 Å². The van der Waals surface area contributed by atoms with Crippen LogP contribution in [0.2, 0.25) is 0 Å². The lowest BCUT2D eigenvalue weighted by Gasteiger charge is -2.39. The zero-order valence-corrected chi connectivity index (χ0v) is 11.0. The molecule has 0 spiro atoms. The molecule has 0 aliphatic carbocycles. The number of hydrogen-bond acceptors (Lipinski definition) is 11. The van der Waals surface area contributed by atoms with Gasteiger partial charge in [-0.3, -0.25) is 19.2 Å². The van der Waals surface area contributed by atoms with Crippen molar-refractivity contribution in [2.45, 2.75) is 43.7 Å². The third-order valence-electron chi connectivity index (χ3n) is 2.85. The van der Waals surface area contributed by atoms with Crippen LogP contribution in [-0.2, 0) is 38.1 Å². The van der Waals surface area contributed by atoms with E-state index in [-0.39, 0.29) is 0 Å². The summed E-state index contributed by atoms with van der Waals surface area (Å²) in [5, 5.41) is 28.3. The minimum absolute atomic E-state index is 0.400. The predicted octanol–water partition coefficient (Wildman–Crippen LogP) is -2.60. The predicted molar refractivity (Wildman–Crippen MR) is 58.7 cm³/mol. The van der Waals surface area contributed by atoms with E-state index < -0.39 is 67.6 Å². The first-order chi connectivity index (χ1) is 10.1. The average molecular weight is 320 g/mol. The minimum Gasteiger partial charge on any atom is -0.416 e. The summed E-state index contributed by atoms with van der Waals surface area (Å²) in [5.41, 5.74) is 0. The highest BCUT2D eigenvalue weighted by molar-refractivity contribution is 5.81. The standard InChI is InChI=1S/C11H12O11/c12-5-1-2-6(13)20-9(19-5)10(11(16,17)18)21-7(14)3-4-8(15)22-10/h9,16-18H,1-4H2. The number of carbonyl (C=O) groups is 4. The van der Waals surface area contributed by atoms with Crippen LogP contribution in [0, 0.1) is 0 Å². The fraction of sp³-hybridized carbons (Fsp3) is 0.636. The normalized spacial score (nSPS) is 23.6. The summed E-state index contributed by atoms with van der Waals surface area (Å²) in [4.78, 5) is 45.9. The molecule has 2 fully saturated rings. The van der Waals surface area contributed by atoms with Gasteiger partial charge >= 0.3 is 41.9 Å². The van der Waals surface area contributed by atoms with Crippen molar-refractivity contribution in [3.63, 3.8) is 0 Å². The van der Waals surface area contributed by atoms with Gasteiger partial charge in [0.15, 0.2) is 0 Å². The van der Waals surface area contributed by atoms with Crippen molar-refractivity contribution < 1.29 is 53.4 Å². The second-order valence-electron chi connectivity index (χ2n) is 4.56. The summed E-state index contributed by atoms with van der Waals surface area (Å²) in [6.45, 7) is 0. The van der Waals surface area contributed by atoms with E-state index in [0.717, 1.165) is 0 Å². The number of ether oxygens (including phenoxy) is 4. The van der Waals surface area contributed by atoms with Crippen molar-refractivity contribution in [2.24, 2.45) is 0 Å². The molecule has 11 nitrogen and oxygen atoms in total. The van der Waals surface area contributed by atoms with Gasteiger partial charge in [-0.15, -0.1) is 0 Å². The summed E-state index contributed by atoms with van der Waals surface area (Å²) in [6.07, 6.45) is -4.18. The SMILES string of the molecule is O=C1CCC(=O)OC(C2(C(O)(O)O)OC(=O)CCC(=O)O2)O1. The molecule has 2 aliphatic heterocycles. The van der Waals surface area contributed by atoms with Crippen LogP contribution in [-0.4, -0.2) is 57.2 Å². The Bertz CT molecular complexity index is 481. The summed E-state index contributed by atoms with van der Waals surface area (Å²) >= 11 is 0. The average Bonchev–Trinajstić information content (AvgIpc) is 2.65. The molecule has 2 heterocycles. The molecule has 122 valence electrons. The molecule has 0 saturated carbocycles. The fourth-order valence-corrected chi connectivity index (χ4v) is 1.80. The van der Waals surface area contributed by atoms with Crippen LogP contribution < -0.4 is 0 Å². The van der Waals surface area contributed by atoms with E-state index in [1.807, 2.05) is 0 Å². The molecule has 11 heteroatoms. The Labute approximate surface area is 122 Å². The zero-order valence-electron chi connectivity index (χ0n) is 11.0. The molecule has 0 unspecified atom stereocenters. The fourth-order valence-electron chi connectivity index (χ4n) is 1.80. The lowest BCUT2D eigenvalue weighted by Crippen LogP contribution is -2.67. The topological polar surface area (TPSA) is 166 Å². The van der Waals surface area contributed by atoms with Gasteiger partial charge in [-0.25, -0.2) is 0 Å². The molecule has 2 aliphatic rings. The van der Waals surface area contributed by atoms with E-state index >= 15 is 0 Å². The van der Waals surface area contributed by atoms with E-state index in [1.165, 1.54) is 0 Å². The van der Waals surface area contributed by atoms with E-state index in [1.54, 1.807) is 0 Å². The van der Waals surface area contributed by atoms with Crippen LogP contribution in [0.15, 0.2) is 0 Å². The van der Waals surface area contributed by atoms with Gasteiger partial charge in [-0.05, 0) is 0 Å². The number of carbonyl (C=O) groups excluding carboxylic acids is 4. The highest BCUT2D eigenvalue weighted by Gasteiger charge is 2.68. The molecule has 0 aromatic carbocycles. The van der Waals surface area contributed by atoms with Crippen molar-refractivity contribution in [3.05, 3.63) is 0 Å². The molecular weight excluding hydrogens is 308 g/mol. The molecule has 0 bridgehead atoms. The Morgan fingerprint density at radius 1 is 0.773 bits per heavy atom. The quantitative estimate of drug-likeness (QED) is 0.360. The third-order valence-corrected chi connectivity index (χ3v) is 2.85. The van der Waals surface area contributed by atoms with Crippen molar-refractivity contribution in [1.29, 1.82) is 0 Å². The van der Waals surface area contributed by atoms with E-state index in [9.17, 15) is 34.5 Å². The van der Waals surface area contributed by atoms with Crippen molar-refractivity contribution in [2.75, 3.05) is 0 Å². The molecule has 0 aromatic rings. The van der Waals surface area contributed by atoms with Crippen LogP contribution in [0.1, 0.15) is 25.7 Å². The molecule has 3 N–H and O–H groups in total. The Hall–Kier alpha value is -2.24. The van der Waals surface area contributed by atoms with E-state index in [2.05, 4.69) is 18.9 Å². The highest BCUT2D eigenvalue weighted by Crippen LogP contribution is 2.35. The summed E-state index contributed by atoms with van der Waals surface area (Å²) in [5.74, 6) is -11.8. The van der Waals surface area contributed by atoms with Crippen LogP contribution in [0.3, 0.4) is 0 Å². The van der Waals surface area contributed by atoms with Crippen LogP contribution >= 0.6 is 0 Å². The molecular formula is C11H12O11. The first-order valence-electron chi connectivity index (χ1n) is 6.14. The van der Waals surface area contributed by atoms with Crippen molar-refractivity contribution >= 4 is 23.9 Å². The highest BCUT2D eigenvalue weighted by atomic mass is 16.9. The molecule has 0 radical (unpaired) electrons. The maximum Gasteiger partial charge on any atom is 0.415 e. The Balaban J connectivity index is 2.47. The zero-order chi connectivity index (χ0) is 16.5. The maximum atomic E-state index is 11.5. The van der Waals surface area contributed by atoms with Crippen molar-refractivity contribution in [3.8, 4) is 0 Å². The molecule has 0 aromatic heterocycles. The van der Waals surface area contributed by atoms with Gasteiger partial charge in [0.2, 0.25) is 0 Å². The Kier molecular flexibility index (Phi) is 4.04. The number of cyclic esters (lactones) is 4. The first-order valence-corrected chi connectivity index (χ1v) is 6.14. The summed E-state index contributed by atoms with van der Waals surface area (Å²) in [6, 6.07) is 0. The molecule has 0 atom stereocenters. The monoisotopic (exact) mass is 320 g/mol.